The molecule has 0 atom stereocenters. The Hall–Kier alpha value is -1.24. The fraction of sp³-hybridized carbons (Fsp3) is 0.727. The van der Waals surface area contributed by atoms with Crippen molar-refractivity contribution in [3.63, 3.8) is 0 Å². The lowest BCUT2D eigenvalue weighted by Gasteiger charge is -2.30. The molecule has 0 saturated heterocycles. The van der Waals surface area contributed by atoms with Gasteiger partial charge in [0.25, 0.3) is 0 Å². The molecular weight excluding hydrogens is 245 g/mol. The van der Waals surface area contributed by atoms with Crippen LogP contribution in [0.5, 0.6) is 0 Å². The number of aromatic nitrogens is 2. The molecule has 2 N–H and O–H groups in total. The third kappa shape index (κ3) is 3.16. The van der Waals surface area contributed by atoms with E-state index in [9.17, 15) is 13.2 Å². The Morgan fingerprint density at radius 1 is 1.39 bits per heavy atom. The predicted molar refractivity (Wildman–Crippen MR) is 64.4 cm³/mol. The molecule has 1 heterocycles. The molecule has 0 amide bonds. The minimum Gasteiger partial charge on any atom is -0.345 e. The van der Waals surface area contributed by atoms with Crippen molar-refractivity contribution in [2.75, 3.05) is 11.4 Å². The summed E-state index contributed by atoms with van der Waals surface area (Å²) >= 11 is 0. The Balaban J connectivity index is 3.21. The molecule has 18 heavy (non-hydrogen) atoms. The average molecular weight is 264 g/mol. The number of nitrogens with zero attached hydrogens (tertiary/aromatic N) is 3. The van der Waals surface area contributed by atoms with Crippen LogP contribution in [0.1, 0.15) is 25.1 Å². The van der Waals surface area contributed by atoms with Crippen molar-refractivity contribution in [3.8, 4) is 0 Å². The molecular formula is C11H19F3N4. The maximum atomic E-state index is 12.6. The van der Waals surface area contributed by atoms with Gasteiger partial charge in [0, 0.05) is 25.2 Å². The van der Waals surface area contributed by atoms with E-state index in [4.69, 9.17) is 5.73 Å². The van der Waals surface area contributed by atoms with Crippen LogP contribution >= 0.6 is 0 Å². The summed E-state index contributed by atoms with van der Waals surface area (Å²) in [5, 5.41) is 4.14. The highest BCUT2D eigenvalue weighted by Crippen LogP contribution is 2.28. The van der Waals surface area contributed by atoms with Crippen LogP contribution in [-0.2, 0) is 13.6 Å². The van der Waals surface area contributed by atoms with Crippen LogP contribution in [0.3, 0.4) is 0 Å². The molecule has 0 fully saturated rings. The van der Waals surface area contributed by atoms with Gasteiger partial charge in [-0.3, -0.25) is 4.68 Å². The van der Waals surface area contributed by atoms with E-state index in [0.717, 1.165) is 0 Å². The Kier molecular flexibility index (Phi) is 4.26. The zero-order chi connectivity index (χ0) is 14.1. The minimum absolute atomic E-state index is 0.177. The molecule has 0 aliphatic carbocycles. The highest BCUT2D eigenvalue weighted by molar-refractivity contribution is 5.51. The number of hydrogen-bond donors (Lipinski definition) is 1. The normalized spacial score (nSPS) is 12.3. The van der Waals surface area contributed by atoms with Crippen LogP contribution in [-0.4, -0.2) is 28.5 Å². The van der Waals surface area contributed by atoms with Gasteiger partial charge < -0.3 is 10.6 Å². The summed E-state index contributed by atoms with van der Waals surface area (Å²) in [7, 11) is 1.63. The molecule has 0 unspecified atom stereocenters. The molecule has 0 aliphatic rings. The van der Waals surface area contributed by atoms with Crippen LogP contribution in [0.15, 0.2) is 0 Å². The summed E-state index contributed by atoms with van der Waals surface area (Å²) in [5.41, 5.74) is 6.94. The molecule has 1 rings (SSSR count). The van der Waals surface area contributed by atoms with E-state index < -0.39 is 12.7 Å². The standard InChI is InChI=1S/C11H19F3N4/c1-7(2)18(6-11(12,13)14)10-9(5-15)8(3)16-17(10)4/h7H,5-6,15H2,1-4H3. The summed E-state index contributed by atoms with van der Waals surface area (Å²) in [6, 6.07) is -0.285. The molecule has 0 bridgehead atoms. The maximum Gasteiger partial charge on any atom is 0.405 e. The molecule has 7 heteroatoms. The zero-order valence-electron chi connectivity index (χ0n) is 11.0. The van der Waals surface area contributed by atoms with Gasteiger partial charge in [-0.25, -0.2) is 0 Å². The molecule has 0 radical (unpaired) electrons. The average Bonchev–Trinajstić information content (AvgIpc) is 2.47. The number of hydrogen-bond acceptors (Lipinski definition) is 3. The second kappa shape index (κ2) is 5.17. The van der Waals surface area contributed by atoms with Gasteiger partial charge in [-0.1, -0.05) is 0 Å². The Bertz CT molecular complexity index is 409. The van der Waals surface area contributed by atoms with Gasteiger partial charge in [0.1, 0.15) is 12.4 Å². The molecule has 0 aliphatic heterocycles. The summed E-state index contributed by atoms with van der Waals surface area (Å²) in [6.07, 6.45) is -4.26. The fourth-order valence-corrected chi connectivity index (χ4v) is 1.98. The lowest BCUT2D eigenvalue weighted by Crippen LogP contribution is -2.40. The Morgan fingerprint density at radius 2 is 1.94 bits per heavy atom. The lowest BCUT2D eigenvalue weighted by atomic mass is 10.2. The van der Waals surface area contributed by atoms with E-state index >= 15 is 0 Å². The Morgan fingerprint density at radius 3 is 2.33 bits per heavy atom. The van der Waals surface area contributed by atoms with E-state index in [1.165, 1.54) is 9.58 Å². The predicted octanol–water partition coefficient (Wildman–Crippen LogP) is 1.96. The van der Waals surface area contributed by atoms with Gasteiger partial charge in [0.05, 0.1) is 5.69 Å². The molecule has 4 nitrogen and oxygen atoms in total. The number of aryl methyl sites for hydroxylation is 2. The van der Waals surface area contributed by atoms with Crippen LogP contribution in [0, 0.1) is 6.92 Å². The number of anilines is 1. The smallest absolute Gasteiger partial charge is 0.345 e. The van der Waals surface area contributed by atoms with Crippen molar-refractivity contribution in [2.24, 2.45) is 12.8 Å². The highest BCUT2D eigenvalue weighted by Gasteiger charge is 2.34. The first-order chi connectivity index (χ1) is 8.17. The largest absolute Gasteiger partial charge is 0.405 e. The SMILES string of the molecule is Cc1nn(C)c(N(CC(F)(F)F)C(C)C)c1CN. The van der Waals surface area contributed by atoms with E-state index in [1.807, 2.05) is 0 Å². The van der Waals surface area contributed by atoms with Gasteiger partial charge >= 0.3 is 6.18 Å². The van der Waals surface area contributed by atoms with Crippen LogP contribution in [0.4, 0.5) is 19.0 Å². The van der Waals surface area contributed by atoms with Crippen LogP contribution in [0.2, 0.25) is 0 Å². The third-order valence-electron chi connectivity index (χ3n) is 2.76. The van der Waals surface area contributed by atoms with Gasteiger partial charge in [-0.2, -0.15) is 18.3 Å². The number of nitrogens with two attached hydrogens (primary N) is 1. The molecule has 0 saturated carbocycles. The van der Waals surface area contributed by atoms with Crippen molar-refractivity contribution < 1.29 is 13.2 Å². The van der Waals surface area contributed by atoms with E-state index in [1.54, 1.807) is 27.8 Å². The summed E-state index contributed by atoms with van der Waals surface area (Å²) in [5.74, 6) is 0.447. The Labute approximate surface area is 105 Å². The summed E-state index contributed by atoms with van der Waals surface area (Å²) < 4.78 is 39.3. The third-order valence-corrected chi connectivity index (χ3v) is 2.76. The van der Waals surface area contributed by atoms with Crippen molar-refractivity contribution in [1.29, 1.82) is 0 Å². The summed E-state index contributed by atoms with van der Waals surface area (Å²) in [6.45, 7) is 4.35. The highest BCUT2D eigenvalue weighted by atomic mass is 19.4. The first-order valence-electron chi connectivity index (χ1n) is 5.73. The van der Waals surface area contributed by atoms with Gasteiger partial charge in [-0.15, -0.1) is 0 Å². The van der Waals surface area contributed by atoms with Gasteiger partial charge in [0.2, 0.25) is 0 Å². The van der Waals surface area contributed by atoms with E-state index in [0.29, 0.717) is 17.1 Å². The first kappa shape index (κ1) is 14.8. The van der Waals surface area contributed by atoms with Crippen molar-refractivity contribution in [2.45, 2.75) is 39.5 Å². The minimum atomic E-state index is -4.26. The number of halogens is 3. The van der Waals surface area contributed by atoms with Gasteiger partial charge in [0.15, 0.2) is 0 Å². The zero-order valence-corrected chi connectivity index (χ0v) is 11.0. The van der Waals surface area contributed by atoms with Crippen molar-refractivity contribution in [3.05, 3.63) is 11.3 Å². The molecule has 104 valence electrons. The topological polar surface area (TPSA) is 47.1 Å². The fourth-order valence-electron chi connectivity index (χ4n) is 1.98. The lowest BCUT2D eigenvalue weighted by molar-refractivity contribution is -0.120. The number of alkyl halides is 3. The first-order valence-corrected chi connectivity index (χ1v) is 5.73. The second-order valence-corrected chi connectivity index (χ2v) is 4.55. The molecule has 1 aromatic heterocycles. The van der Waals surface area contributed by atoms with E-state index in [2.05, 4.69) is 5.10 Å². The number of rotatable bonds is 4. The monoisotopic (exact) mass is 264 g/mol. The molecule has 0 spiro atoms. The van der Waals surface area contributed by atoms with Crippen LogP contribution < -0.4 is 10.6 Å². The van der Waals surface area contributed by atoms with E-state index in [-0.39, 0.29) is 12.6 Å². The second-order valence-electron chi connectivity index (χ2n) is 4.55. The van der Waals surface area contributed by atoms with Crippen molar-refractivity contribution >= 4 is 5.82 Å². The maximum absolute atomic E-state index is 12.6. The molecule has 0 aromatic carbocycles. The molecule has 1 aromatic rings. The van der Waals surface area contributed by atoms with Crippen LogP contribution in [0.25, 0.3) is 0 Å². The van der Waals surface area contributed by atoms with Crippen molar-refractivity contribution in [1.82, 2.24) is 9.78 Å². The van der Waals surface area contributed by atoms with Gasteiger partial charge in [-0.05, 0) is 20.8 Å². The quantitative estimate of drug-likeness (QED) is 0.904. The summed E-state index contributed by atoms with van der Waals surface area (Å²) in [4.78, 5) is 1.28.